The average molecular weight is 220 g/mol. The van der Waals surface area contributed by atoms with Crippen LogP contribution in [0, 0.1) is 5.41 Å². The molecule has 1 aliphatic heterocycles. The molecule has 1 atom stereocenters. The van der Waals surface area contributed by atoms with Crippen molar-refractivity contribution >= 4 is 21.8 Å². The summed E-state index contributed by atoms with van der Waals surface area (Å²) in [6.45, 7) is 4.83. The van der Waals surface area contributed by atoms with Crippen LogP contribution in [0.25, 0.3) is 0 Å². The van der Waals surface area contributed by atoms with E-state index in [1.165, 1.54) is 0 Å². The number of likely N-dealkylation sites (tertiary alicyclic amines) is 1. The highest BCUT2D eigenvalue weighted by Crippen LogP contribution is 2.32. The van der Waals surface area contributed by atoms with E-state index in [9.17, 15) is 4.79 Å². The van der Waals surface area contributed by atoms with Crippen LogP contribution in [0.15, 0.2) is 0 Å². The number of hydrogen-bond donors (Lipinski definition) is 0. The molecule has 0 aromatic heterocycles. The van der Waals surface area contributed by atoms with Gasteiger partial charge in [-0.2, -0.15) is 0 Å². The van der Waals surface area contributed by atoms with Gasteiger partial charge in [-0.3, -0.25) is 4.79 Å². The Bertz CT molecular complexity index is 179. The van der Waals surface area contributed by atoms with Crippen LogP contribution in [0.1, 0.15) is 20.3 Å². The summed E-state index contributed by atoms with van der Waals surface area (Å²) in [7, 11) is 1.86. The van der Waals surface area contributed by atoms with Crippen LogP contribution in [0.4, 0.5) is 0 Å². The topological polar surface area (TPSA) is 20.3 Å². The van der Waals surface area contributed by atoms with E-state index < -0.39 is 0 Å². The van der Waals surface area contributed by atoms with Crippen molar-refractivity contribution in [3.05, 3.63) is 0 Å². The van der Waals surface area contributed by atoms with Crippen LogP contribution in [0.2, 0.25) is 0 Å². The summed E-state index contributed by atoms with van der Waals surface area (Å²) >= 11 is 3.54. The highest BCUT2D eigenvalue weighted by molar-refractivity contribution is 9.09. The predicted molar refractivity (Wildman–Crippen MR) is 48.8 cm³/mol. The van der Waals surface area contributed by atoms with Crippen molar-refractivity contribution in [2.45, 2.75) is 25.1 Å². The molecular weight excluding hydrogens is 206 g/mol. The van der Waals surface area contributed by atoms with Gasteiger partial charge >= 0.3 is 0 Å². The Hall–Kier alpha value is -0.0500. The lowest BCUT2D eigenvalue weighted by Crippen LogP contribution is -2.47. The highest BCUT2D eigenvalue weighted by Gasteiger charge is 2.37. The molecule has 0 aliphatic carbocycles. The van der Waals surface area contributed by atoms with E-state index in [0.29, 0.717) is 4.83 Å². The number of hydrogen-bond acceptors (Lipinski definition) is 1. The van der Waals surface area contributed by atoms with Gasteiger partial charge in [0.05, 0.1) is 0 Å². The van der Waals surface area contributed by atoms with Gasteiger partial charge in [0.25, 0.3) is 0 Å². The maximum atomic E-state index is 11.5. The number of alkyl halides is 1. The SMILES string of the molecule is CN1CC(Br)CC(C)(C)C1=O. The van der Waals surface area contributed by atoms with Gasteiger partial charge in [0.1, 0.15) is 0 Å². The Morgan fingerprint density at radius 1 is 1.64 bits per heavy atom. The van der Waals surface area contributed by atoms with Gasteiger partial charge in [-0.05, 0) is 6.42 Å². The Morgan fingerprint density at radius 3 is 2.64 bits per heavy atom. The molecule has 64 valence electrons. The third-order valence-electron chi connectivity index (χ3n) is 2.13. The zero-order chi connectivity index (χ0) is 8.65. The molecular formula is C8H14BrNO. The van der Waals surface area contributed by atoms with Crippen LogP contribution < -0.4 is 0 Å². The van der Waals surface area contributed by atoms with E-state index in [1.807, 2.05) is 20.9 Å². The monoisotopic (exact) mass is 219 g/mol. The maximum absolute atomic E-state index is 11.5. The third kappa shape index (κ3) is 1.75. The predicted octanol–water partition coefficient (Wildman–Crippen LogP) is 1.64. The number of rotatable bonds is 0. The Balaban J connectivity index is 2.75. The summed E-state index contributed by atoms with van der Waals surface area (Å²) in [5.74, 6) is 0.258. The smallest absolute Gasteiger partial charge is 0.228 e. The van der Waals surface area contributed by atoms with Gasteiger partial charge in [0, 0.05) is 23.8 Å². The first-order valence-electron chi connectivity index (χ1n) is 3.83. The largest absolute Gasteiger partial charge is 0.344 e. The van der Waals surface area contributed by atoms with Gasteiger partial charge in [-0.15, -0.1) is 0 Å². The van der Waals surface area contributed by atoms with Crippen molar-refractivity contribution < 1.29 is 4.79 Å². The maximum Gasteiger partial charge on any atom is 0.228 e. The zero-order valence-electron chi connectivity index (χ0n) is 7.22. The summed E-state index contributed by atoms with van der Waals surface area (Å²) in [6, 6.07) is 0. The molecule has 0 saturated carbocycles. The molecule has 0 N–H and O–H groups in total. The minimum atomic E-state index is -0.179. The van der Waals surface area contributed by atoms with E-state index in [4.69, 9.17) is 0 Å². The van der Waals surface area contributed by atoms with Crippen molar-refractivity contribution in [3.63, 3.8) is 0 Å². The molecule has 1 saturated heterocycles. The van der Waals surface area contributed by atoms with E-state index in [2.05, 4.69) is 15.9 Å². The van der Waals surface area contributed by atoms with Gasteiger partial charge in [0.2, 0.25) is 5.91 Å². The summed E-state index contributed by atoms with van der Waals surface area (Å²) in [4.78, 5) is 13.8. The second-order valence-electron chi connectivity index (χ2n) is 3.87. The lowest BCUT2D eigenvalue weighted by Gasteiger charge is -2.37. The molecule has 0 bridgehead atoms. The van der Waals surface area contributed by atoms with Crippen LogP contribution in [-0.4, -0.2) is 29.2 Å². The fraction of sp³-hybridized carbons (Fsp3) is 0.875. The fourth-order valence-electron chi connectivity index (χ4n) is 1.60. The third-order valence-corrected chi connectivity index (χ3v) is 2.74. The van der Waals surface area contributed by atoms with Crippen molar-refractivity contribution in [2.24, 2.45) is 5.41 Å². The molecule has 1 rings (SSSR count). The molecule has 0 aromatic carbocycles. The molecule has 11 heavy (non-hydrogen) atoms. The lowest BCUT2D eigenvalue weighted by atomic mass is 9.83. The molecule has 1 aliphatic rings. The van der Waals surface area contributed by atoms with E-state index in [1.54, 1.807) is 4.90 Å². The number of halogens is 1. The first-order chi connectivity index (χ1) is 4.93. The van der Waals surface area contributed by atoms with Crippen LogP contribution in [-0.2, 0) is 4.79 Å². The molecule has 1 unspecified atom stereocenters. The number of nitrogens with zero attached hydrogens (tertiary/aromatic N) is 1. The van der Waals surface area contributed by atoms with Gasteiger partial charge in [0.15, 0.2) is 0 Å². The number of piperidine rings is 1. The Labute approximate surface area is 76.1 Å². The minimum absolute atomic E-state index is 0.179. The molecule has 0 aromatic rings. The first-order valence-corrected chi connectivity index (χ1v) is 4.75. The van der Waals surface area contributed by atoms with Gasteiger partial charge < -0.3 is 4.90 Å². The quantitative estimate of drug-likeness (QED) is 0.568. The second-order valence-corrected chi connectivity index (χ2v) is 5.17. The summed E-state index contributed by atoms with van der Waals surface area (Å²) in [6.07, 6.45) is 0.941. The second kappa shape index (κ2) is 2.77. The molecule has 1 fully saturated rings. The van der Waals surface area contributed by atoms with Crippen molar-refractivity contribution in [1.82, 2.24) is 4.90 Å². The van der Waals surface area contributed by atoms with Crippen LogP contribution >= 0.6 is 15.9 Å². The molecule has 1 amide bonds. The number of amides is 1. The molecule has 1 heterocycles. The van der Waals surface area contributed by atoms with Crippen molar-refractivity contribution in [3.8, 4) is 0 Å². The molecule has 0 spiro atoms. The lowest BCUT2D eigenvalue weighted by molar-refractivity contribution is -0.142. The normalized spacial score (nSPS) is 30.7. The number of carbonyl (C=O) groups is 1. The summed E-state index contributed by atoms with van der Waals surface area (Å²) in [5, 5.41) is 0. The number of carbonyl (C=O) groups excluding carboxylic acids is 1. The van der Waals surface area contributed by atoms with Gasteiger partial charge in [-0.1, -0.05) is 29.8 Å². The fourth-order valence-corrected chi connectivity index (χ4v) is 2.85. The standard InChI is InChI=1S/C8H14BrNO/c1-8(2)4-6(9)5-10(3)7(8)11/h6H,4-5H2,1-3H3. The van der Waals surface area contributed by atoms with Crippen LogP contribution in [0.5, 0.6) is 0 Å². The van der Waals surface area contributed by atoms with E-state index in [-0.39, 0.29) is 11.3 Å². The molecule has 3 heteroatoms. The van der Waals surface area contributed by atoms with E-state index >= 15 is 0 Å². The first kappa shape index (κ1) is 9.04. The Morgan fingerprint density at radius 2 is 2.18 bits per heavy atom. The Kier molecular flexibility index (Phi) is 2.28. The average Bonchev–Trinajstić information content (AvgIpc) is 1.81. The summed E-state index contributed by atoms with van der Waals surface area (Å²) in [5.41, 5.74) is -0.179. The highest BCUT2D eigenvalue weighted by atomic mass is 79.9. The van der Waals surface area contributed by atoms with Crippen molar-refractivity contribution in [2.75, 3.05) is 13.6 Å². The molecule has 2 nitrogen and oxygen atoms in total. The van der Waals surface area contributed by atoms with Crippen molar-refractivity contribution in [1.29, 1.82) is 0 Å². The zero-order valence-corrected chi connectivity index (χ0v) is 8.81. The minimum Gasteiger partial charge on any atom is -0.344 e. The summed E-state index contributed by atoms with van der Waals surface area (Å²) < 4.78 is 0. The van der Waals surface area contributed by atoms with Gasteiger partial charge in [-0.25, -0.2) is 0 Å². The van der Waals surface area contributed by atoms with E-state index in [0.717, 1.165) is 13.0 Å². The van der Waals surface area contributed by atoms with Crippen LogP contribution in [0.3, 0.4) is 0 Å². The molecule has 0 radical (unpaired) electrons.